The first-order chi connectivity index (χ1) is 49.8. The number of nitrogens with zero attached hydrogens (tertiary/aromatic N) is 13. The maximum Gasteiger partial charge on any atom is 0.317 e. The summed E-state index contributed by atoms with van der Waals surface area (Å²) < 4.78 is 71.5. The highest BCUT2D eigenvalue weighted by Crippen LogP contribution is 2.40. The number of anilines is 3. The number of carboxylic acid groups (broad SMARTS) is 1. The van der Waals surface area contributed by atoms with Crippen LogP contribution in [0.1, 0.15) is 82.2 Å². The van der Waals surface area contributed by atoms with Gasteiger partial charge in [0.25, 0.3) is 17.9 Å². The smallest absolute Gasteiger partial charge is 0.317 e. The molecule has 0 spiro atoms. The van der Waals surface area contributed by atoms with E-state index in [-0.39, 0.29) is 63.0 Å². The Balaban J connectivity index is 0.000000234. The van der Waals surface area contributed by atoms with E-state index in [1.165, 1.54) is 51.9 Å². The molecule has 0 radical (unpaired) electrons. The van der Waals surface area contributed by atoms with Gasteiger partial charge in [0.2, 0.25) is 0 Å². The summed E-state index contributed by atoms with van der Waals surface area (Å²) in [5, 5.41) is 40.6. The normalized spacial score (nSPS) is 10.7. The Hall–Kier alpha value is -11.5. The molecule has 5 aromatic carbocycles. The minimum absolute atomic E-state index is 0. The number of aliphatic hydroxyl groups is 2. The largest absolute Gasteiger partial charge is 0.489 e. The van der Waals surface area contributed by atoms with Crippen LogP contribution in [0.25, 0.3) is 54.5 Å². The molecule has 11 rings (SSSR count). The maximum absolute atomic E-state index is 14.3. The Morgan fingerprint density at radius 2 is 0.943 bits per heavy atom. The first-order valence-corrected chi connectivity index (χ1v) is 32.8. The average molecular weight is 1510 g/mol. The molecule has 11 aromatic rings. The van der Waals surface area contributed by atoms with Crippen LogP contribution in [-0.4, -0.2) is 124 Å². The van der Waals surface area contributed by atoms with Gasteiger partial charge in [-0.05, 0) is 127 Å². The van der Waals surface area contributed by atoms with Crippen molar-refractivity contribution < 1.29 is 62.1 Å². The number of benzene rings is 5. The molecule has 28 nitrogen and oxygen atoms in total. The van der Waals surface area contributed by atoms with Crippen molar-refractivity contribution in [2.75, 3.05) is 59.2 Å². The number of methoxy groups -OCH3 is 3. The van der Waals surface area contributed by atoms with Crippen LogP contribution in [0.2, 0.25) is 0 Å². The quantitative estimate of drug-likeness (QED) is 0.0231. The molecule has 0 aliphatic carbocycles. The zero-order valence-electron chi connectivity index (χ0n) is 59.8. The number of carboxylic acids is 1. The molecule has 0 amide bonds. The molecular weight excluding hydrogens is 1420 g/mol. The molecule has 0 bridgehead atoms. The topological polar surface area (TPSA) is 372 Å². The molecule has 31 heteroatoms. The van der Waals surface area contributed by atoms with Crippen LogP contribution in [0.15, 0.2) is 157 Å². The third-order valence-corrected chi connectivity index (χ3v) is 15.1. The number of nitrogen functional groups attached to an aromatic ring is 3. The fraction of sp³-hybridized carbons (Fsp3) is 0.270. The third-order valence-electron chi connectivity index (χ3n) is 14.5. The lowest BCUT2D eigenvalue weighted by molar-refractivity contribution is -0.252. The molecule has 0 aliphatic rings. The van der Waals surface area contributed by atoms with E-state index in [1.54, 1.807) is 114 Å². The van der Waals surface area contributed by atoms with Gasteiger partial charge >= 0.3 is 5.97 Å². The predicted molar refractivity (Wildman–Crippen MR) is 399 cm³/mol. The second-order valence-corrected chi connectivity index (χ2v) is 24.6. The number of halogens is 3. The van der Waals surface area contributed by atoms with Crippen LogP contribution in [0.3, 0.4) is 0 Å². The second kappa shape index (κ2) is 39.8. The van der Waals surface area contributed by atoms with E-state index in [0.29, 0.717) is 97.1 Å². The minimum atomic E-state index is -0.787. The summed E-state index contributed by atoms with van der Waals surface area (Å²) in [5.41, 5.74) is 26.6. The Bertz CT molecular complexity index is 4670. The number of aliphatic carboxylic acids is 1. The van der Waals surface area contributed by atoms with Gasteiger partial charge in [0.15, 0.2) is 5.65 Å². The fourth-order valence-electron chi connectivity index (χ4n) is 9.59. The number of hydrogen-bond acceptors (Lipinski definition) is 22. The Labute approximate surface area is 614 Å². The number of rotatable bonds is 23. The van der Waals surface area contributed by atoms with Crippen LogP contribution in [0, 0.1) is 24.8 Å². The van der Waals surface area contributed by atoms with Crippen molar-refractivity contribution in [1.82, 2.24) is 60.3 Å². The molecule has 6 aromatic heterocycles. The number of aliphatic hydroxyl groups excluding tert-OH is 2. The van der Waals surface area contributed by atoms with Crippen molar-refractivity contribution >= 4 is 61.8 Å². The highest BCUT2D eigenvalue weighted by molar-refractivity contribution is 9.10. The molecule has 0 unspecified atom stereocenters. The summed E-state index contributed by atoms with van der Waals surface area (Å²) in [6.07, 6.45) is 4.64. The molecule has 0 saturated carbocycles. The molecular formula is C74H84BrF2N17O11. The lowest BCUT2D eigenvalue weighted by Crippen LogP contribution is -2.20. The number of aromatic nitrogens is 10. The van der Waals surface area contributed by atoms with Gasteiger partial charge in [-0.1, -0.05) is 52.3 Å². The summed E-state index contributed by atoms with van der Waals surface area (Å²) >= 11 is 3.39. The van der Waals surface area contributed by atoms with Gasteiger partial charge in [0.1, 0.15) is 100 Å². The summed E-state index contributed by atoms with van der Waals surface area (Å²) in [4.78, 5) is 35.1. The third kappa shape index (κ3) is 23.2. The average Bonchev–Trinajstić information content (AvgIpc) is 1.62. The van der Waals surface area contributed by atoms with E-state index in [1.807, 2.05) is 82.6 Å². The van der Waals surface area contributed by atoms with Crippen LogP contribution in [0.5, 0.6) is 34.5 Å². The lowest BCUT2D eigenvalue weighted by atomic mass is 10.1. The van der Waals surface area contributed by atoms with E-state index in [0.717, 1.165) is 32.3 Å². The molecule has 105 heavy (non-hydrogen) atoms. The predicted octanol–water partition coefficient (Wildman–Crippen LogP) is 14.7. The molecule has 6 heterocycles. The summed E-state index contributed by atoms with van der Waals surface area (Å²) in [6, 6.07) is 37.5. The molecule has 0 saturated heterocycles. The van der Waals surface area contributed by atoms with Gasteiger partial charge in [0.05, 0.1) is 49.7 Å². The Kier molecular flexibility index (Phi) is 31.2. The number of pyridine rings is 2. The monoisotopic (exact) mass is 1500 g/mol. The number of ether oxygens (including phenoxy) is 7. The maximum atomic E-state index is 14.3. The molecule has 0 aliphatic heterocycles. The van der Waals surface area contributed by atoms with Crippen LogP contribution >= 0.6 is 15.9 Å². The van der Waals surface area contributed by atoms with E-state index in [4.69, 9.17) is 69.7 Å². The number of nitrogens with two attached hydrogens (primary N) is 3. The standard InChI is InChI=1S/C27H25FN6O3.C26H24FN5O3.C13H13BrN4.C4H9NO2.C4H10O3.H3N/c1-16(2)34-27-24(26(29)31-15-32-27)25(33-34)18-4-7-21(8-5-18)37-23-10-19(28)9-22(11-23)36-14-17-3-6-20(13-35)30-12-17;1-16(2)32-26(28)25(29-3)24(31-32)18-5-8-21(9-6-18)35-23-11-19(27)10-22(12-23)34-15-17-4-7-20(14-33)30-13-17;1-8(2)18-13(15)12(16-3)11(17-18)9-4-6-10(14)7-5-9;1-5(2)3-4(6)7;1-5-4(6-2)7-3;/h3-12,15-16,35H,13-14H2,1-2H3,(H2,29,31,32);4-13,16,33H,14-15,28H2,1-2H3;4-8H,15H2,1-2H3;3H2,1-2H3,(H,6,7);4H,1-3H3;1H3. The van der Waals surface area contributed by atoms with Gasteiger partial charge in [0, 0.05) is 109 Å². The van der Waals surface area contributed by atoms with Crippen LogP contribution in [0.4, 0.5) is 37.6 Å². The van der Waals surface area contributed by atoms with E-state index in [9.17, 15) is 13.6 Å². The van der Waals surface area contributed by atoms with Crippen molar-refractivity contribution in [3.8, 4) is 68.3 Å². The zero-order valence-corrected chi connectivity index (χ0v) is 61.4. The van der Waals surface area contributed by atoms with Gasteiger partial charge < -0.3 is 71.8 Å². The second-order valence-electron chi connectivity index (χ2n) is 23.7. The zero-order chi connectivity index (χ0) is 75.7. The number of likely N-dealkylation sites (N-methyl/N-ethyl adjacent to an activating group) is 1. The molecule has 552 valence electrons. The molecule has 0 fully saturated rings. The van der Waals surface area contributed by atoms with Crippen molar-refractivity contribution in [1.29, 1.82) is 0 Å². The fourth-order valence-corrected chi connectivity index (χ4v) is 9.86. The number of fused-ring (bicyclic) bond motifs is 1. The van der Waals surface area contributed by atoms with Gasteiger partial charge in [-0.15, -0.1) is 0 Å². The lowest BCUT2D eigenvalue weighted by Gasteiger charge is -2.11. The van der Waals surface area contributed by atoms with Crippen molar-refractivity contribution in [3.63, 3.8) is 0 Å². The van der Waals surface area contributed by atoms with Crippen molar-refractivity contribution in [3.05, 3.63) is 214 Å². The van der Waals surface area contributed by atoms with Crippen molar-refractivity contribution in [2.24, 2.45) is 0 Å². The highest BCUT2D eigenvalue weighted by atomic mass is 79.9. The summed E-state index contributed by atoms with van der Waals surface area (Å²) in [6.45, 7) is 26.3. The van der Waals surface area contributed by atoms with E-state index >= 15 is 0 Å². The summed E-state index contributed by atoms with van der Waals surface area (Å²) in [7, 11) is 7.97. The number of hydrogen-bond donors (Lipinski definition) is 7. The molecule has 0 atom stereocenters. The van der Waals surface area contributed by atoms with Crippen molar-refractivity contribution in [2.45, 2.75) is 92.6 Å². The van der Waals surface area contributed by atoms with Crippen LogP contribution in [-0.2, 0) is 45.4 Å². The Morgan fingerprint density at radius 3 is 1.28 bits per heavy atom. The van der Waals surface area contributed by atoms with Crippen LogP contribution < -0.4 is 42.3 Å². The van der Waals surface area contributed by atoms with Gasteiger partial charge in [-0.2, -0.15) is 15.3 Å². The molecule has 12 N–H and O–H groups in total. The van der Waals surface area contributed by atoms with E-state index in [2.05, 4.69) is 70.0 Å². The highest BCUT2D eigenvalue weighted by Gasteiger charge is 2.22. The number of carbonyl (C=O) groups is 1. The minimum Gasteiger partial charge on any atom is -0.489 e. The first kappa shape index (κ1) is 82.4. The van der Waals surface area contributed by atoms with E-state index < -0.39 is 24.1 Å². The first-order valence-electron chi connectivity index (χ1n) is 32.0. The SMILES string of the molecule is CC(C)n1nc(-c2ccc(Oc3cc(F)cc(OCc4ccc(CO)nc4)c3)cc2)c2c(N)ncnc21.CN(C)CC(=O)O.COC(OC)OC.N.[C-]#[N+]c1c(-c2ccc(Br)cc2)nn(C(C)C)c1N.[C-]#[N+]c1c(-c2ccc(Oc3cc(F)cc(OCc4ccc(CO)nc4)c3)cc2)nn(C(C)C)c1N. The Morgan fingerprint density at radius 1 is 0.552 bits per heavy atom. The summed E-state index contributed by atoms with van der Waals surface area (Å²) in [5.74, 6) is 1.54. The van der Waals surface area contributed by atoms with Gasteiger partial charge in [-0.25, -0.2) is 33.1 Å². The van der Waals surface area contributed by atoms with Gasteiger partial charge in [-0.3, -0.25) is 29.0 Å².